The number of ether oxygens (including phenoxy) is 1. The highest BCUT2D eigenvalue weighted by Crippen LogP contribution is 2.19. The van der Waals surface area contributed by atoms with Crippen LogP contribution in [0.3, 0.4) is 0 Å². The Balaban J connectivity index is 1.83. The minimum Gasteiger partial charge on any atom is -0.452 e. The van der Waals surface area contributed by atoms with Crippen LogP contribution in [-0.2, 0) is 14.3 Å². The molecule has 0 atom stereocenters. The van der Waals surface area contributed by atoms with E-state index in [-0.39, 0.29) is 6.61 Å². The summed E-state index contributed by atoms with van der Waals surface area (Å²) < 4.78 is 4.91. The van der Waals surface area contributed by atoms with E-state index in [2.05, 4.69) is 5.32 Å². The number of hydrogen-bond acceptors (Lipinski definition) is 4. The molecule has 4 nitrogen and oxygen atoms in total. The number of amides is 1. The fourth-order valence-corrected chi connectivity index (χ4v) is 2.51. The van der Waals surface area contributed by atoms with Gasteiger partial charge in [0, 0.05) is 21.7 Å². The summed E-state index contributed by atoms with van der Waals surface area (Å²) in [5.74, 6) is -1.00. The normalized spacial score (nSPS) is 10.6. The number of carbonyl (C=O) groups is 2. The van der Waals surface area contributed by atoms with E-state index < -0.39 is 11.9 Å². The van der Waals surface area contributed by atoms with Gasteiger partial charge in [0.15, 0.2) is 6.61 Å². The van der Waals surface area contributed by atoms with Crippen molar-refractivity contribution in [1.82, 2.24) is 0 Å². The maximum Gasteiger partial charge on any atom is 0.331 e. The quantitative estimate of drug-likeness (QED) is 0.474. The third-order valence-corrected chi connectivity index (χ3v) is 4.07. The molecular formula is C18H16ClNO3S. The highest BCUT2D eigenvalue weighted by molar-refractivity contribution is 7.98. The zero-order chi connectivity index (χ0) is 17.4. The highest BCUT2D eigenvalue weighted by atomic mass is 35.5. The van der Waals surface area contributed by atoms with Crippen molar-refractivity contribution in [1.29, 1.82) is 0 Å². The number of carbonyl (C=O) groups excluding carboxylic acids is 2. The largest absolute Gasteiger partial charge is 0.452 e. The summed E-state index contributed by atoms with van der Waals surface area (Å²) in [6, 6.07) is 14.5. The molecule has 0 radical (unpaired) electrons. The second-order valence-electron chi connectivity index (χ2n) is 4.74. The third-order valence-electron chi connectivity index (χ3n) is 3.00. The molecule has 0 aromatic heterocycles. The molecule has 2 rings (SSSR count). The van der Waals surface area contributed by atoms with Gasteiger partial charge >= 0.3 is 5.97 Å². The van der Waals surface area contributed by atoms with E-state index in [0.717, 1.165) is 4.90 Å². The van der Waals surface area contributed by atoms with Gasteiger partial charge in [-0.2, -0.15) is 0 Å². The summed E-state index contributed by atoms with van der Waals surface area (Å²) >= 11 is 7.56. The van der Waals surface area contributed by atoms with Crippen molar-refractivity contribution in [3.8, 4) is 0 Å². The number of benzene rings is 2. The molecule has 0 unspecified atom stereocenters. The van der Waals surface area contributed by atoms with Crippen LogP contribution in [0.5, 0.6) is 0 Å². The van der Waals surface area contributed by atoms with Crippen molar-refractivity contribution in [2.75, 3.05) is 18.2 Å². The van der Waals surface area contributed by atoms with Crippen molar-refractivity contribution in [2.24, 2.45) is 0 Å². The van der Waals surface area contributed by atoms with Crippen LogP contribution in [0.2, 0.25) is 5.02 Å². The number of anilines is 1. The predicted molar refractivity (Wildman–Crippen MR) is 98.3 cm³/mol. The molecule has 0 bridgehead atoms. The lowest BCUT2D eigenvalue weighted by Gasteiger charge is -2.06. The molecule has 0 aliphatic rings. The Labute approximate surface area is 149 Å². The number of nitrogens with one attached hydrogen (secondary N) is 1. The Morgan fingerprint density at radius 3 is 2.75 bits per heavy atom. The molecule has 6 heteroatoms. The first-order valence-electron chi connectivity index (χ1n) is 7.12. The molecule has 2 aromatic carbocycles. The molecule has 1 N–H and O–H groups in total. The molecule has 0 fully saturated rings. The van der Waals surface area contributed by atoms with Gasteiger partial charge in [0.05, 0.1) is 0 Å². The van der Waals surface area contributed by atoms with Gasteiger partial charge in [-0.3, -0.25) is 4.79 Å². The summed E-state index contributed by atoms with van der Waals surface area (Å²) in [5, 5.41) is 3.22. The van der Waals surface area contributed by atoms with Gasteiger partial charge in [0.25, 0.3) is 5.91 Å². The van der Waals surface area contributed by atoms with E-state index in [4.69, 9.17) is 16.3 Å². The first-order valence-corrected chi connectivity index (χ1v) is 8.72. The smallest absolute Gasteiger partial charge is 0.331 e. The Morgan fingerprint density at radius 2 is 2.00 bits per heavy atom. The number of esters is 1. The van der Waals surface area contributed by atoms with E-state index >= 15 is 0 Å². The molecular weight excluding hydrogens is 346 g/mol. The topological polar surface area (TPSA) is 55.4 Å². The highest BCUT2D eigenvalue weighted by Gasteiger charge is 2.06. The number of thioether (sulfide) groups is 1. The maximum atomic E-state index is 11.8. The van der Waals surface area contributed by atoms with Gasteiger partial charge in [-0.1, -0.05) is 35.9 Å². The SMILES string of the molecule is CSc1cccc(NC(=O)COC(=O)/C=C/c2ccccc2Cl)c1. The molecule has 0 spiro atoms. The molecule has 124 valence electrons. The van der Waals surface area contributed by atoms with Crippen molar-refractivity contribution in [2.45, 2.75) is 4.90 Å². The predicted octanol–water partition coefficient (Wildman–Crippen LogP) is 4.26. The third kappa shape index (κ3) is 5.76. The van der Waals surface area contributed by atoms with E-state index in [9.17, 15) is 9.59 Å². The van der Waals surface area contributed by atoms with Crippen LogP contribution < -0.4 is 5.32 Å². The molecule has 2 aromatic rings. The number of rotatable bonds is 6. The average Bonchev–Trinajstić information content (AvgIpc) is 2.59. The van der Waals surface area contributed by atoms with E-state index in [1.165, 1.54) is 6.08 Å². The number of halogens is 1. The zero-order valence-electron chi connectivity index (χ0n) is 13.0. The van der Waals surface area contributed by atoms with Crippen LogP contribution >= 0.6 is 23.4 Å². The standard InChI is InChI=1S/C18H16ClNO3S/c1-24-15-7-4-6-14(11-15)20-17(21)12-23-18(22)10-9-13-5-2-3-8-16(13)19/h2-11H,12H2,1H3,(H,20,21)/b10-9+. The van der Waals surface area contributed by atoms with Gasteiger partial charge in [-0.25, -0.2) is 4.79 Å². The van der Waals surface area contributed by atoms with Gasteiger partial charge in [-0.15, -0.1) is 11.8 Å². The van der Waals surface area contributed by atoms with Crippen molar-refractivity contribution >= 4 is 47.0 Å². The molecule has 0 aliphatic heterocycles. The Bertz CT molecular complexity index is 761. The Kier molecular flexibility index (Phi) is 6.90. The fraction of sp³-hybridized carbons (Fsp3) is 0.111. The van der Waals surface area contributed by atoms with Gasteiger partial charge in [-0.05, 0) is 42.2 Å². The van der Waals surface area contributed by atoms with E-state index in [1.54, 1.807) is 42.1 Å². The Hall–Kier alpha value is -2.24. The Morgan fingerprint density at radius 1 is 1.21 bits per heavy atom. The molecule has 0 aliphatic carbocycles. The van der Waals surface area contributed by atoms with Crippen LogP contribution in [0.4, 0.5) is 5.69 Å². The first kappa shape index (κ1) is 18.1. The van der Waals surface area contributed by atoms with E-state index in [1.807, 2.05) is 30.5 Å². The monoisotopic (exact) mass is 361 g/mol. The van der Waals surface area contributed by atoms with E-state index in [0.29, 0.717) is 16.3 Å². The minimum absolute atomic E-state index is 0.352. The second-order valence-corrected chi connectivity index (χ2v) is 6.03. The minimum atomic E-state index is -0.608. The van der Waals surface area contributed by atoms with Crippen LogP contribution in [-0.4, -0.2) is 24.7 Å². The summed E-state index contributed by atoms with van der Waals surface area (Å²) in [7, 11) is 0. The molecule has 24 heavy (non-hydrogen) atoms. The van der Waals surface area contributed by atoms with Crippen LogP contribution in [0.15, 0.2) is 59.5 Å². The zero-order valence-corrected chi connectivity index (χ0v) is 14.6. The van der Waals surface area contributed by atoms with Crippen molar-refractivity contribution in [3.05, 3.63) is 65.2 Å². The van der Waals surface area contributed by atoms with Crippen molar-refractivity contribution in [3.63, 3.8) is 0 Å². The van der Waals surface area contributed by atoms with Gasteiger partial charge < -0.3 is 10.1 Å². The summed E-state index contributed by atoms with van der Waals surface area (Å²) in [5.41, 5.74) is 1.36. The molecule has 0 saturated heterocycles. The van der Waals surface area contributed by atoms with Crippen LogP contribution in [0, 0.1) is 0 Å². The average molecular weight is 362 g/mol. The lowest BCUT2D eigenvalue weighted by atomic mass is 10.2. The molecule has 0 saturated carbocycles. The fourth-order valence-electron chi connectivity index (χ4n) is 1.85. The summed E-state index contributed by atoms with van der Waals surface area (Å²) in [6.45, 7) is -0.352. The number of hydrogen-bond donors (Lipinski definition) is 1. The summed E-state index contributed by atoms with van der Waals surface area (Å²) in [6.07, 6.45) is 4.74. The lowest BCUT2D eigenvalue weighted by Crippen LogP contribution is -2.20. The molecule has 1 amide bonds. The van der Waals surface area contributed by atoms with Crippen LogP contribution in [0.1, 0.15) is 5.56 Å². The lowest BCUT2D eigenvalue weighted by molar-refractivity contribution is -0.142. The van der Waals surface area contributed by atoms with Gasteiger partial charge in [0.2, 0.25) is 0 Å². The summed E-state index contributed by atoms with van der Waals surface area (Å²) in [4.78, 5) is 24.5. The van der Waals surface area contributed by atoms with Gasteiger partial charge in [0.1, 0.15) is 0 Å². The van der Waals surface area contributed by atoms with Crippen LogP contribution in [0.25, 0.3) is 6.08 Å². The molecule has 0 heterocycles. The first-order chi connectivity index (χ1) is 11.6. The maximum absolute atomic E-state index is 11.8. The van der Waals surface area contributed by atoms with Crippen molar-refractivity contribution < 1.29 is 14.3 Å². The second kappa shape index (κ2) is 9.15.